The van der Waals surface area contributed by atoms with Gasteiger partial charge in [0.15, 0.2) is 0 Å². The zero-order valence-electron chi connectivity index (χ0n) is 4.94. The molecule has 10 heavy (non-hydrogen) atoms. The molecular formula is C7H4BrF2. The van der Waals surface area contributed by atoms with Crippen LogP contribution in [-0.2, 0) is 0 Å². The third-order valence-corrected chi connectivity index (χ3v) is 1.77. The van der Waals surface area contributed by atoms with E-state index in [9.17, 15) is 8.78 Å². The van der Waals surface area contributed by atoms with Gasteiger partial charge in [0.1, 0.15) is 0 Å². The normalized spacial score (nSPS) is 10.4. The average molecular weight is 206 g/mol. The Morgan fingerprint density at radius 2 is 2.20 bits per heavy atom. The summed E-state index contributed by atoms with van der Waals surface area (Å²) in [5, 5.41) is 0. The molecule has 0 unspecified atom stereocenters. The van der Waals surface area contributed by atoms with E-state index in [2.05, 4.69) is 22.0 Å². The first-order valence-electron chi connectivity index (χ1n) is 2.65. The highest BCUT2D eigenvalue weighted by atomic mass is 79.9. The van der Waals surface area contributed by atoms with Crippen LogP contribution in [0.3, 0.4) is 0 Å². The third kappa shape index (κ3) is 1.53. The molecule has 1 radical (unpaired) electrons. The molecule has 0 heterocycles. The van der Waals surface area contributed by atoms with E-state index in [1.54, 1.807) is 0 Å². The van der Waals surface area contributed by atoms with E-state index < -0.39 is 6.43 Å². The second-order valence-corrected chi connectivity index (χ2v) is 2.60. The van der Waals surface area contributed by atoms with E-state index in [1.165, 1.54) is 18.2 Å². The Bertz CT molecular complexity index is 223. The highest BCUT2D eigenvalue weighted by Gasteiger charge is 2.08. The van der Waals surface area contributed by atoms with Gasteiger partial charge in [-0.25, -0.2) is 8.78 Å². The first kappa shape index (κ1) is 7.66. The summed E-state index contributed by atoms with van der Waals surface area (Å²) in [6, 6.07) is 6.96. The van der Waals surface area contributed by atoms with Crippen LogP contribution in [0.2, 0.25) is 0 Å². The van der Waals surface area contributed by atoms with Gasteiger partial charge in [-0.15, -0.1) is 0 Å². The standard InChI is InChI=1S/C7H4BrF2/c8-6-4-2-1-3-5(6)7(9)10/h1,3-4,7H. The van der Waals surface area contributed by atoms with Gasteiger partial charge in [-0.05, 0) is 12.1 Å². The SMILES string of the molecule is FC(F)c1cc[c]cc1Br. The molecule has 1 aromatic carbocycles. The summed E-state index contributed by atoms with van der Waals surface area (Å²) in [4.78, 5) is 0. The van der Waals surface area contributed by atoms with E-state index in [1.807, 2.05) is 0 Å². The molecule has 0 saturated carbocycles. The second-order valence-electron chi connectivity index (χ2n) is 1.75. The highest BCUT2D eigenvalue weighted by molar-refractivity contribution is 9.10. The van der Waals surface area contributed by atoms with Crippen molar-refractivity contribution in [1.29, 1.82) is 0 Å². The monoisotopic (exact) mass is 205 g/mol. The van der Waals surface area contributed by atoms with Crippen molar-refractivity contribution in [3.8, 4) is 0 Å². The van der Waals surface area contributed by atoms with Crippen LogP contribution in [0, 0.1) is 6.07 Å². The molecule has 0 aliphatic carbocycles. The molecular weight excluding hydrogens is 202 g/mol. The van der Waals surface area contributed by atoms with Gasteiger partial charge in [0.2, 0.25) is 0 Å². The number of alkyl halides is 2. The van der Waals surface area contributed by atoms with E-state index >= 15 is 0 Å². The maximum Gasteiger partial charge on any atom is 0.264 e. The van der Waals surface area contributed by atoms with Crippen LogP contribution in [0.5, 0.6) is 0 Å². The molecule has 0 spiro atoms. The Labute approximate surface area is 66.0 Å². The Morgan fingerprint density at radius 1 is 1.50 bits per heavy atom. The Balaban J connectivity index is 3.03. The smallest absolute Gasteiger partial charge is 0.205 e. The van der Waals surface area contributed by atoms with Gasteiger partial charge >= 0.3 is 0 Å². The lowest BCUT2D eigenvalue weighted by molar-refractivity contribution is 0.150. The minimum Gasteiger partial charge on any atom is -0.205 e. The van der Waals surface area contributed by atoms with Gasteiger partial charge in [0, 0.05) is 10.0 Å². The minimum atomic E-state index is -2.41. The molecule has 0 aliphatic rings. The molecule has 3 heteroatoms. The molecule has 0 bridgehead atoms. The summed E-state index contributed by atoms with van der Waals surface area (Å²) in [5.74, 6) is 0. The van der Waals surface area contributed by atoms with Crippen molar-refractivity contribution in [2.45, 2.75) is 6.43 Å². The largest absolute Gasteiger partial charge is 0.264 e. The van der Waals surface area contributed by atoms with E-state index in [0.29, 0.717) is 4.47 Å². The molecule has 0 amide bonds. The van der Waals surface area contributed by atoms with Crippen molar-refractivity contribution < 1.29 is 8.78 Å². The summed E-state index contributed by atoms with van der Waals surface area (Å²) >= 11 is 2.99. The first-order valence-corrected chi connectivity index (χ1v) is 3.45. The maximum absolute atomic E-state index is 12.0. The lowest BCUT2D eigenvalue weighted by Gasteiger charge is -1.99. The summed E-state index contributed by atoms with van der Waals surface area (Å²) in [6.45, 7) is 0. The number of halogens is 3. The van der Waals surface area contributed by atoms with Gasteiger partial charge in [0.25, 0.3) is 6.43 Å². The minimum absolute atomic E-state index is 0.0127. The predicted octanol–water partition coefficient (Wildman–Crippen LogP) is 3.19. The second kappa shape index (κ2) is 3.10. The first-order chi connectivity index (χ1) is 4.72. The van der Waals surface area contributed by atoms with Gasteiger partial charge in [-0.2, -0.15) is 0 Å². The molecule has 0 nitrogen and oxygen atoms in total. The molecule has 1 rings (SSSR count). The van der Waals surface area contributed by atoms with Crippen LogP contribution in [-0.4, -0.2) is 0 Å². The molecule has 0 atom stereocenters. The van der Waals surface area contributed by atoms with Crippen molar-refractivity contribution in [3.05, 3.63) is 34.3 Å². The fourth-order valence-corrected chi connectivity index (χ4v) is 1.04. The Kier molecular flexibility index (Phi) is 2.38. The van der Waals surface area contributed by atoms with Gasteiger partial charge in [-0.1, -0.05) is 28.1 Å². The molecule has 0 N–H and O–H groups in total. The van der Waals surface area contributed by atoms with Crippen LogP contribution < -0.4 is 0 Å². The van der Waals surface area contributed by atoms with E-state index in [-0.39, 0.29) is 5.56 Å². The van der Waals surface area contributed by atoms with Gasteiger partial charge in [-0.3, -0.25) is 0 Å². The van der Waals surface area contributed by atoms with Crippen molar-refractivity contribution in [3.63, 3.8) is 0 Å². The number of hydrogen-bond acceptors (Lipinski definition) is 0. The molecule has 0 fully saturated rings. The van der Waals surface area contributed by atoms with Crippen molar-refractivity contribution in [1.82, 2.24) is 0 Å². The Morgan fingerprint density at radius 3 is 2.60 bits per heavy atom. The molecule has 0 aromatic heterocycles. The van der Waals surface area contributed by atoms with Gasteiger partial charge < -0.3 is 0 Å². The van der Waals surface area contributed by atoms with Crippen LogP contribution in [0.4, 0.5) is 8.78 Å². The maximum atomic E-state index is 12.0. The lowest BCUT2D eigenvalue weighted by atomic mass is 10.2. The summed E-state index contributed by atoms with van der Waals surface area (Å²) in [6.07, 6.45) is -2.41. The summed E-state index contributed by atoms with van der Waals surface area (Å²) in [5.41, 5.74) is 0.0127. The van der Waals surface area contributed by atoms with E-state index in [4.69, 9.17) is 0 Å². The fourth-order valence-electron chi connectivity index (χ4n) is 0.599. The predicted molar refractivity (Wildman–Crippen MR) is 37.9 cm³/mol. The highest BCUT2D eigenvalue weighted by Crippen LogP contribution is 2.25. The number of rotatable bonds is 1. The number of benzene rings is 1. The van der Waals surface area contributed by atoms with Crippen LogP contribution in [0.15, 0.2) is 22.7 Å². The summed E-state index contributed by atoms with van der Waals surface area (Å²) < 4.78 is 24.4. The zero-order valence-corrected chi connectivity index (χ0v) is 6.53. The van der Waals surface area contributed by atoms with Crippen molar-refractivity contribution >= 4 is 15.9 Å². The average Bonchev–Trinajstić information content (AvgIpc) is 1.88. The van der Waals surface area contributed by atoms with E-state index in [0.717, 1.165) is 0 Å². The number of hydrogen-bond donors (Lipinski definition) is 0. The third-order valence-electron chi connectivity index (χ3n) is 1.08. The van der Waals surface area contributed by atoms with Crippen LogP contribution in [0.25, 0.3) is 0 Å². The van der Waals surface area contributed by atoms with Crippen molar-refractivity contribution in [2.75, 3.05) is 0 Å². The Hall–Kier alpha value is -0.440. The fraction of sp³-hybridized carbons (Fsp3) is 0.143. The topological polar surface area (TPSA) is 0 Å². The van der Waals surface area contributed by atoms with Crippen LogP contribution in [0.1, 0.15) is 12.0 Å². The zero-order chi connectivity index (χ0) is 7.56. The summed E-state index contributed by atoms with van der Waals surface area (Å²) in [7, 11) is 0. The van der Waals surface area contributed by atoms with Crippen LogP contribution >= 0.6 is 15.9 Å². The van der Waals surface area contributed by atoms with Gasteiger partial charge in [0.05, 0.1) is 0 Å². The molecule has 0 aliphatic heterocycles. The van der Waals surface area contributed by atoms with Crippen molar-refractivity contribution in [2.24, 2.45) is 0 Å². The molecule has 53 valence electrons. The lowest BCUT2D eigenvalue weighted by Crippen LogP contribution is -1.83. The quantitative estimate of drug-likeness (QED) is 0.661. The molecule has 0 saturated heterocycles. The molecule has 1 aromatic rings.